The van der Waals surface area contributed by atoms with E-state index < -0.39 is 18.6 Å². The van der Waals surface area contributed by atoms with Crippen molar-refractivity contribution in [3.63, 3.8) is 0 Å². The predicted molar refractivity (Wildman–Crippen MR) is 51.4 cm³/mol. The minimum absolute atomic E-state index is 0.0472. The summed E-state index contributed by atoms with van der Waals surface area (Å²) >= 11 is 0. The van der Waals surface area contributed by atoms with Crippen molar-refractivity contribution in [1.82, 2.24) is 15.0 Å². The second kappa shape index (κ2) is 5.15. The Morgan fingerprint density at radius 1 is 1.47 bits per heavy atom. The van der Waals surface area contributed by atoms with Gasteiger partial charge in [-0.2, -0.15) is 13.2 Å². The Morgan fingerprint density at radius 2 is 2.12 bits per heavy atom. The lowest BCUT2D eigenvalue weighted by Gasteiger charge is -2.06. The van der Waals surface area contributed by atoms with Crippen molar-refractivity contribution in [2.24, 2.45) is 0 Å². The molecule has 0 N–H and O–H groups in total. The Morgan fingerprint density at radius 3 is 2.65 bits per heavy atom. The van der Waals surface area contributed by atoms with E-state index in [0.29, 0.717) is 0 Å². The van der Waals surface area contributed by atoms with Gasteiger partial charge in [-0.25, -0.2) is 9.48 Å². The van der Waals surface area contributed by atoms with Gasteiger partial charge in [0, 0.05) is 0 Å². The highest BCUT2D eigenvalue weighted by atomic mass is 19.4. The number of nitrogens with zero attached hydrogens (tertiary/aromatic N) is 3. The van der Waals surface area contributed by atoms with E-state index in [2.05, 4.69) is 10.3 Å². The minimum Gasteiger partial charge on any atom is -0.461 e. The lowest BCUT2D eigenvalue weighted by Crippen LogP contribution is -2.14. The fourth-order valence-corrected chi connectivity index (χ4v) is 1.19. The van der Waals surface area contributed by atoms with Crippen molar-refractivity contribution in [1.29, 1.82) is 0 Å². The van der Waals surface area contributed by atoms with Gasteiger partial charge in [-0.15, -0.1) is 5.10 Å². The summed E-state index contributed by atoms with van der Waals surface area (Å²) in [5.41, 5.74) is 0.224. The number of ether oxygens (including phenoxy) is 1. The van der Waals surface area contributed by atoms with Crippen LogP contribution < -0.4 is 0 Å². The Kier molecular flexibility index (Phi) is 4.08. The first kappa shape index (κ1) is 13.5. The summed E-state index contributed by atoms with van der Waals surface area (Å²) in [6.45, 7) is 2.92. The zero-order valence-electron chi connectivity index (χ0n) is 9.41. The Labute approximate surface area is 95.6 Å². The number of halogens is 3. The van der Waals surface area contributed by atoms with E-state index in [1.54, 1.807) is 6.92 Å². The molecule has 0 radical (unpaired) electrons. The summed E-state index contributed by atoms with van der Waals surface area (Å²) in [6, 6.07) is 0. The molecule has 1 heterocycles. The topological polar surface area (TPSA) is 57.0 Å². The van der Waals surface area contributed by atoms with Crippen LogP contribution in [0.15, 0.2) is 0 Å². The average Bonchev–Trinajstić information content (AvgIpc) is 2.56. The van der Waals surface area contributed by atoms with Gasteiger partial charge in [-0.1, -0.05) is 5.21 Å². The Bertz CT molecular complexity index is 401. The van der Waals surface area contributed by atoms with Gasteiger partial charge in [0.2, 0.25) is 0 Å². The molecule has 0 bridgehead atoms. The first-order valence-corrected chi connectivity index (χ1v) is 4.99. The fourth-order valence-electron chi connectivity index (χ4n) is 1.19. The van der Waals surface area contributed by atoms with Crippen LogP contribution in [0.3, 0.4) is 0 Å². The molecule has 0 saturated heterocycles. The number of carbonyl (C=O) groups is 1. The van der Waals surface area contributed by atoms with Gasteiger partial charge in [0.1, 0.15) is 0 Å². The fraction of sp³-hybridized carbons (Fsp3) is 0.667. The molecule has 0 saturated carbocycles. The molecular formula is C9H12F3N3O2. The largest absolute Gasteiger partial charge is 0.461 e. The second-order valence-electron chi connectivity index (χ2n) is 3.33. The van der Waals surface area contributed by atoms with Crippen molar-refractivity contribution in [3.05, 3.63) is 11.4 Å². The number of hydrogen-bond donors (Lipinski definition) is 0. The van der Waals surface area contributed by atoms with Gasteiger partial charge < -0.3 is 4.74 Å². The van der Waals surface area contributed by atoms with E-state index in [4.69, 9.17) is 4.74 Å². The number of alkyl halides is 3. The number of rotatable bonds is 4. The highest BCUT2D eigenvalue weighted by Gasteiger charge is 2.28. The van der Waals surface area contributed by atoms with Crippen LogP contribution in [0.5, 0.6) is 0 Å². The zero-order valence-corrected chi connectivity index (χ0v) is 9.41. The molecule has 0 fully saturated rings. The molecule has 0 unspecified atom stereocenters. The number of esters is 1. The zero-order chi connectivity index (χ0) is 13.1. The van der Waals surface area contributed by atoms with E-state index in [1.165, 1.54) is 6.92 Å². The molecule has 8 heteroatoms. The number of aromatic nitrogens is 3. The molecule has 0 aliphatic rings. The Balaban J connectivity index is 2.74. The third kappa shape index (κ3) is 3.72. The average molecular weight is 251 g/mol. The van der Waals surface area contributed by atoms with Gasteiger partial charge >= 0.3 is 12.1 Å². The lowest BCUT2D eigenvalue weighted by molar-refractivity contribution is -0.137. The number of hydrogen-bond acceptors (Lipinski definition) is 4. The van der Waals surface area contributed by atoms with Gasteiger partial charge in [-0.3, -0.25) is 0 Å². The number of aryl methyl sites for hydroxylation is 1. The van der Waals surface area contributed by atoms with Crippen LogP contribution in [-0.4, -0.2) is 33.7 Å². The van der Waals surface area contributed by atoms with Crippen LogP contribution in [0.1, 0.15) is 29.5 Å². The normalized spacial score (nSPS) is 11.6. The summed E-state index contributed by atoms with van der Waals surface area (Å²) in [5.74, 6) is -0.678. The van der Waals surface area contributed by atoms with Crippen LogP contribution in [0, 0.1) is 6.92 Å². The molecule has 0 aromatic carbocycles. The summed E-state index contributed by atoms with van der Waals surface area (Å²) in [4.78, 5) is 11.3. The second-order valence-corrected chi connectivity index (χ2v) is 3.33. The van der Waals surface area contributed by atoms with Gasteiger partial charge in [-0.05, 0) is 13.8 Å². The van der Waals surface area contributed by atoms with Crippen LogP contribution in [0.2, 0.25) is 0 Å². The first-order valence-electron chi connectivity index (χ1n) is 4.99. The smallest absolute Gasteiger partial charge is 0.390 e. The van der Waals surface area contributed by atoms with Crippen LogP contribution in [-0.2, 0) is 11.3 Å². The molecule has 5 nitrogen and oxygen atoms in total. The van der Waals surface area contributed by atoms with Crippen molar-refractivity contribution in [2.45, 2.75) is 33.0 Å². The third-order valence-corrected chi connectivity index (χ3v) is 2.06. The molecular weight excluding hydrogens is 239 g/mol. The van der Waals surface area contributed by atoms with Crippen LogP contribution >= 0.6 is 0 Å². The van der Waals surface area contributed by atoms with Crippen molar-refractivity contribution in [3.8, 4) is 0 Å². The van der Waals surface area contributed by atoms with Crippen molar-refractivity contribution in [2.75, 3.05) is 6.61 Å². The van der Waals surface area contributed by atoms with E-state index in [1.807, 2.05) is 0 Å². The molecule has 0 amide bonds. The summed E-state index contributed by atoms with van der Waals surface area (Å²) in [5, 5.41) is 6.99. The maximum absolute atomic E-state index is 12.0. The van der Waals surface area contributed by atoms with E-state index in [-0.39, 0.29) is 24.5 Å². The van der Waals surface area contributed by atoms with E-state index in [0.717, 1.165) is 4.68 Å². The van der Waals surface area contributed by atoms with E-state index >= 15 is 0 Å². The predicted octanol–water partition coefficient (Wildman–Crippen LogP) is 1.72. The highest BCUT2D eigenvalue weighted by Crippen LogP contribution is 2.20. The quantitative estimate of drug-likeness (QED) is 0.764. The number of carbonyl (C=O) groups excluding carboxylic acids is 1. The standard InChI is InChI=1S/C9H12F3N3O2/c1-3-17-8(16)7-6(2)15(14-13-7)5-4-9(10,11)12/h3-5H2,1-2H3. The molecule has 0 spiro atoms. The molecule has 17 heavy (non-hydrogen) atoms. The molecule has 1 aromatic rings. The minimum atomic E-state index is -4.26. The summed E-state index contributed by atoms with van der Waals surface area (Å²) in [7, 11) is 0. The van der Waals surface area contributed by atoms with Crippen molar-refractivity contribution >= 4 is 5.97 Å². The Hall–Kier alpha value is -1.60. The molecule has 1 aromatic heterocycles. The SMILES string of the molecule is CCOC(=O)c1nnn(CCC(F)(F)F)c1C. The summed E-state index contributed by atoms with van der Waals surface area (Å²) < 4.78 is 41.7. The van der Waals surface area contributed by atoms with Crippen LogP contribution in [0.4, 0.5) is 13.2 Å². The maximum atomic E-state index is 12.0. The third-order valence-electron chi connectivity index (χ3n) is 2.06. The first-order chi connectivity index (χ1) is 7.85. The lowest BCUT2D eigenvalue weighted by atomic mass is 10.3. The summed E-state index contributed by atoms with van der Waals surface area (Å²) in [6.07, 6.45) is -5.28. The van der Waals surface area contributed by atoms with Gasteiger partial charge in [0.15, 0.2) is 5.69 Å². The van der Waals surface area contributed by atoms with Gasteiger partial charge in [0.05, 0.1) is 25.3 Å². The van der Waals surface area contributed by atoms with E-state index in [9.17, 15) is 18.0 Å². The maximum Gasteiger partial charge on any atom is 0.390 e. The van der Waals surface area contributed by atoms with Crippen molar-refractivity contribution < 1.29 is 22.7 Å². The molecule has 96 valence electrons. The molecule has 0 aliphatic carbocycles. The highest BCUT2D eigenvalue weighted by molar-refractivity contribution is 5.88. The molecule has 0 atom stereocenters. The van der Waals surface area contributed by atoms with Crippen LogP contribution in [0.25, 0.3) is 0 Å². The van der Waals surface area contributed by atoms with Gasteiger partial charge in [0.25, 0.3) is 0 Å². The monoisotopic (exact) mass is 251 g/mol. The molecule has 0 aliphatic heterocycles. The molecule has 1 rings (SSSR count).